The number of ketones is 1. The quantitative estimate of drug-likeness (QED) is 0.896. The second-order valence-electron chi connectivity index (χ2n) is 8.57. The van der Waals surface area contributed by atoms with E-state index in [1.807, 2.05) is 4.90 Å². The van der Waals surface area contributed by atoms with Crippen molar-refractivity contribution in [2.45, 2.75) is 59.4 Å². The predicted molar refractivity (Wildman–Crippen MR) is 96.2 cm³/mol. The zero-order valence-corrected chi connectivity index (χ0v) is 15.6. The van der Waals surface area contributed by atoms with Crippen LogP contribution < -0.4 is 0 Å². The molecule has 0 spiro atoms. The average molecular weight is 355 g/mol. The van der Waals surface area contributed by atoms with Crippen molar-refractivity contribution in [3.05, 3.63) is 40.1 Å². The molecule has 0 aromatic carbocycles. The number of carbonyl (C=O) groups is 2. The molecule has 1 amide bonds. The Balaban J connectivity index is 1.60. The molecule has 0 radical (unpaired) electrons. The van der Waals surface area contributed by atoms with Crippen LogP contribution in [0.2, 0.25) is 0 Å². The summed E-state index contributed by atoms with van der Waals surface area (Å²) in [5.74, 6) is 0.579. The van der Waals surface area contributed by atoms with Crippen LogP contribution >= 0.6 is 0 Å². The standard InChI is InChI=1S/C20H25N3O3/c1-20(2,3)9-15-12-10-23(8-7-14(12)21-22-15)19(25)13-11-26-17-6-4-5-16(24)18(13)17/h11H,4-10H2,1-3H3,(H,21,22). The maximum atomic E-state index is 13.1. The number of aryl methyl sites for hydroxylation is 1. The molecule has 1 aliphatic heterocycles. The first-order valence-electron chi connectivity index (χ1n) is 9.31. The Hall–Kier alpha value is -2.37. The molecule has 0 fully saturated rings. The molecule has 0 unspecified atom stereocenters. The van der Waals surface area contributed by atoms with Gasteiger partial charge >= 0.3 is 0 Å². The van der Waals surface area contributed by atoms with Gasteiger partial charge in [-0.2, -0.15) is 5.10 Å². The highest BCUT2D eigenvalue weighted by Gasteiger charge is 2.32. The molecule has 138 valence electrons. The molecule has 6 nitrogen and oxygen atoms in total. The molecule has 0 bridgehead atoms. The van der Waals surface area contributed by atoms with Gasteiger partial charge in [-0.25, -0.2) is 0 Å². The Morgan fingerprint density at radius 2 is 2.12 bits per heavy atom. The highest BCUT2D eigenvalue weighted by atomic mass is 16.3. The van der Waals surface area contributed by atoms with E-state index in [0.717, 1.165) is 42.6 Å². The molecule has 0 saturated carbocycles. The van der Waals surface area contributed by atoms with E-state index in [-0.39, 0.29) is 17.1 Å². The van der Waals surface area contributed by atoms with Crippen molar-refractivity contribution in [2.75, 3.05) is 6.54 Å². The summed E-state index contributed by atoms with van der Waals surface area (Å²) in [4.78, 5) is 27.2. The van der Waals surface area contributed by atoms with Gasteiger partial charge in [0, 0.05) is 43.6 Å². The summed E-state index contributed by atoms with van der Waals surface area (Å²) in [6, 6.07) is 0. The molecule has 3 heterocycles. The summed E-state index contributed by atoms with van der Waals surface area (Å²) in [6.07, 6.45) is 5.11. The molecule has 0 atom stereocenters. The summed E-state index contributed by atoms with van der Waals surface area (Å²) in [5, 5.41) is 7.63. The van der Waals surface area contributed by atoms with Crippen LogP contribution in [-0.2, 0) is 25.8 Å². The van der Waals surface area contributed by atoms with E-state index in [1.165, 1.54) is 6.26 Å². The lowest BCUT2D eigenvalue weighted by molar-refractivity contribution is 0.0728. The Morgan fingerprint density at radius 3 is 2.88 bits per heavy atom. The summed E-state index contributed by atoms with van der Waals surface area (Å²) in [7, 11) is 0. The Morgan fingerprint density at radius 1 is 1.31 bits per heavy atom. The third-order valence-corrected chi connectivity index (χ3v) is 5.19. The number of rotatable bonds is 2. The van der Waals surface area contributed by atoms with E-state index in [9.17, 15) is 9.59 Å². The minimum absolute atomic E-state index is 0.0257. The summed E-state index contributed by atoms with van der Waals surface area (Å²) in [5.41, 5.74) is 4.35. The molecule has 4 rings (SSSR count). The van der Waals surface area contributed by atoms with Gasteiger partial charge in [0.2, 0.25) is 0 Å². The fourth-order valence-corrected chi connectivity index (χ4v) is 3.93. The molecule has 1 aliphatic carbocycles. The number of H-pyrrole nitrogens is 1. The van der Waals surface area contributed by atoms with E-state index in [1.54, 1.807) is 0 Å². The number of hydrogen-bond donors (Lipinski definition) is 1. The molecule has 2 aromatic rings. The minimum Gasteiger partial charge on any atom is -0.468 e. The fraction of sp³-hybridized carbons (Fsp3) is 0.550. The number of Topliss-reactive ketones (excluding diaryl/α,β-unsaturated/α-hetero) is 1. The van der Waals surface area contributed by atoms with Crippen molar-refractivity contribution in [2.24, 2.45) is 5.41 Å². The molecule has 0 saturated heterocycles. The number of furan rings is 1. The minimum atomic E-state index is -0.112. The van der Waals surface area contributed by atoms with E-state index in [0.29, 0.717) is 36.4 Å². The van der Waals surface area contributed by atoms with Crippen molar-refractivity contribution >= 4 is 11.7 Å². The largest absolute Gasteiger partial charge is 0.468 e. The van der Waals surface area contributed by atoms with Crippen LogP contribution in [0.5, 0.6) is 0 Å². The van der Waals surface area contributed by atoms with Crippen molar-refractivity contribution < 1.29 is 14.0 Å². The molecule has 2 aromatic heterocycles. The highest BCUT2D eigenvalue weighted by Crippen LogP contribution is 2.30. The molecular formula is C20H25N3O3. The van der Waals surface area contributed by atoms with Gasteiger partial charge in [0.25, 0.3) is 5.91 Å². The number of hydrogen-bond acceptors (Lipinski definition) is 4. The van der Waals surface area contributed by atoms with E-state index in [2.05, 4.69) is 31.0 Å². The normalized spacial score (nSPS) is 17.2. The van der Waals surface area contributed by atoms with Gasteiger partial charge in [0.15, 0.2) is 5.78 Å². The number of nitrogens with zero attached hydrogens (tertiary/aromatic N) is 2. The fourth-order valence-electron chi connectivity index (χ4n) is 3.93. The van der Waals surface area contributed by atoms with E-state index >= 15 is 0 Å². The number of aromatic nitrogens is 2. The molecule has 2 aliphatic rings. The van der Waals surface area contributed by atoms with Gasteiger partial charge in [0.1, 0.15) is 12.0 Å². The van der Waals surface area contributed by atoms with Crippen LogP contribution in [0.4, 0.5) is 0 Å². The summed E-state index contributed by atoms with van der Waals surface area (Å²) < 4.78 is 5.53. The van der Waals surface area contributed by atoms with Crippen molar-refractivity contribution in [3.63, 3.8) is 0 Å². The number of nitrogens with one attached hydrogen (secondary N) is 1. The third kappa shape index (κ3) is 2.97. The predicted octanol–water partition coefficient (Wildman–Crippen LogP) is 3.31. The van der Waals surface area contributed by atoms with Gasteiger partial charge in [-0.3, -0.25) is 14.7 Å². The number of fused-ring (bicyclic) bond motifs is 2. The van der Waals surface area contributed by atoms with Gasteiger partial charge in [-0.15, -0.1) is 0 Å². The van der Waals surface area contributed by atoms with Crippen LogP contribution in [0, 0.1) is 5.41 Å². The maximum absolute atomic E-state index is 13.1. The summed E-state index contributed by atoms with van der Waals surface area (Å²) in [6.45, 7) is 7.71. The highest BCUT2D eigenvalue weighted by molar-refractivity contribution is 6.09. The monoisotopic (exact) mass is 355 g/mol. The Bertz CT molecular complexity index is 869. The first kappa shape index (κ1) is 17.1. The van der Waals surface area contributed by atoms with Gasteiger partial charge in [0.05, 0.1) is 16.8 Å². The van der Waals surface area contributed by atoms with E-state index in [4.69, 9.17) is 4.42 Å². The topological polar surface area (TPSA) is 79.2 Å². The van der Waals surface area contributed by atoms with Crippen LogP contribution in [-0.4, -0.2) is 33.3 Å². The van der Waals surface area contributed by atoms with Gasteiger partial charge < -0.3 is 9.32 Å². The van der Waals surface area contributed by atoms with Crippen molar-refractivity contribution in [1.82, 2.24) is 15.1 Å². The smallest absolute Gasteiger partial charge is 0.258 e. The first-order valence-corrected chi connectivity index (χ1v) is 9.31. The van der Waals surface area contributed by atoms with Crippen LogP contribution in [0.15, 0.2) is 10.7 Å². The van der Waals surface area contributed by atoms with Gasteiger partial charge in [-0.1, -0.05) is 20.8 Å². The lowest BCUT2D eigenvalue weighted by atomic mass is 9.88. The SMILES string of the molecule is CC(C)(C)Cc1n[nH]c2c1CN(C(=O)c1coc3c1C(=O)CCC3)CC2. The van der Waals surface area contributed by atoms with E-state index < -0.39 is 0 Å². The molecule has 1 N–H and O–H groups in total. The van der Waals surface area contributed by atoms with Crippen molar-refractivity contribution in [1.29, 1.82) is 0 Å². The number of amides is 1. The van der Waals surface area contributed by atoms with Crippen molar-refractivity contribution in [3.8, 4) is 0 Å². The Kier molecular flexibility index (Phi) is 4.01. The number of aromatic amines is 1. The molecular weight excluding hydrogens is 330 g/mol. The molecule has 6 heteroatoms. The lowest BCUT2D eigenvalue weighted by Gasteiger charge is -2.28. The lowest BCUT2D eigenvalue weighted by Crippen LogP contribution is -2.37. The first-order chi connectivity index (χ1) is 12.3. The Labute approximate surface area is 152 Å². The van der Waals surface area contributed by atoms with Gasteiger partial charge in [-0.05, 0) is 18.3 Å². The van der Waals surface area contributed by atoms with Crippen LogP contribution in [0.1, 0.15) is 77.0 Å². The summed E-state index contributed by atoms with van der Waals surface area (Å²) >= 11 is 0. The van der Waals surface area contributed by atoms with Crippen LogP contribution in [0.25, 0.3) is 0 Å². The second kappa shape index (κ2) is 6.11. The van der Waals surface area contributed by atoms with Crippen LogP contribution in [0.3, 0.4) is 0 Å². The average Bonchev–Trinajstić information content (AvgIpc) is 3.18. The zero-order chi connectivity index (χ0) is 18.5. The zero-order valence-electron chi connectivity index (χ0n) is 15.6. The number of carbonyl (C=O) groups excluding carboxylic acids is 2. The maximum Gasteiger partial charge on any atom is 0.258 e. The second-order valence-corrected chi connectivity index (χ2v) is 8.57. The molecule has 26 heavy (non-hydrogen) atoms. The third-order valence-electron chi connectivity index (χ3n) is 5.19.